The van der Waals surface area contributed by atoms with Gasteiger partial charge in [-0.2, -0.15) is 0 Å². The molecule has 0 unspecified atom stereocenters. The fraction of sp³-hybridized carbons (Fsp3) is 0.400. The number of aryl methyl sites for hydroxylation is 1. The maximum atomic E-state index is 5.30. The maximum Gasteiger partial charge on any atom is 0.119 e. The van der Waals surface area contributed by atoms with Crippen LogP contribution in [0.3, 0.4) is 0 Å². The summed E-state index contributed by atoms with van der Waals surface area (Å²) < 4.78 is 5.30. The fourth-order valence-electron chi connectivity index (χ4n) is 2.24. The average Bonchev–Trinajstić information content (AvgIpc) is 3.19. The molecule has 0 aliphatic heterocycles. The number of rotatable bonds is 4. The second kappa shape index (κ2) is 4.58. The highest BCUT2D eigenvalue weighted by atomic mass is 16.5. The monoisotopic (exact) mass is 242 g/mol. The Morgan fingerprint density at radius 3 is 2.89 bits per heavy atom. The largest absolute Gasteiger partial charge is 0.497 e. The van der Waals surface area contributed by atoms with Gasteiger partial charge in [0.05, 0.1) is 12.6 Å². The zero-order chi connectivity index (χ0) is 12.5. The van der Waals surface area contributed by atoms with E-state index < -0.39 is 0 Å². The van der Waals surface area contributed by atoms with E-state index in [-0.39, 0.29) is 0 Å². The Bertz CT molecular complexity index is 576. The summed E-state index contributed by atoms with van der Waals surface area (Å²) >= 11 is 0. The highest BCUT2D eigenvalue weighted by Crippen LogP contribution is 2.25. The van der Waals surface area contributed by atoms with Crippen molar-refractivity contribution in [3.05, 3.63) is 35.5 Å². The van der Waals surface area contributed by atoms with Gasteiger partial charge in [0.25, 0.3) is 0 Å². The van der Waals surface area contributed by atoms with Gasteiger partial charge in [0, 0.05) is 23.7 Å². The number of fused-ring (bicyclic) bond motifs is 1. The molecule has 1 aromatic carbocycles. The molecule has 3 rings (SSSR count). The average molecular weight is 242 g/mol. The van der Waals surface area contributed by atoms with Crippen LogP contribution in [0.2, 0.25) is 0 Å². The van der Waals surface area contributed by atoms with Crippen molar-refractivity contribution in [2.75, 3.05) is 7.11 Å². The maximum absolute atomic E-state index is 5.30. The fourth-order valence-corrected chi connectivity index (χ4v) is 2.24. The van der Waals surface area contributed by atoms with Crippen LogP contribution in [0.1, 0.15) is 24.1 Å². The quantitative estimate of drug-likeness (QED) is 0.895. The lowest BCUT2D eigenvalue weighted by Crippen LogP contribution is -2.15. The molecule has 3 heteroatoms. The van der Waals surface area contributed by atoms with Crippen molar-refractivity contribution in [1.82, 2.24) is 10.3 Å². The van der Waals surface area contributed by atoms with Gasteiger partial charge in [0.1, 0.15) is 5.75 Å². The molecular weight excluding hydrogens is 224 g/mol. The van der Waals surface area contributed by atoms with E-state index >= 15 is 0 Å². The van der Waals surface area contributed by atoms with Crippen LogP contribution in [0, 0.1) is 6.92 Å². The minimum absolute atomic E-state index is 0.721. The van der Waals surface area contributed by atoms with Gasteiger partial charge in [-0.3, -0.25) is 4.98 Å². The van der Waals surface area contributed by atoms with E-state index in [1.54, 1.807) is 7.11 Å². The summed E-state index contributed by atoms with van der Waals surface area (Å²) in [7, 11) is 1.70. The van der Waals surface area contributed by atoms with Crippen LogP contribution < -0.4 is 10.1 Å². The normalized spacial score (nSPS) is 15.0. The van der Waals surface area contributed by atoms with Crippen molar-refractivity contribution in [3.63, 3.8) is 0 Å². The zero-order valence-electron chi connectivity index (χ0n) is 10.9. The van der Waals surface area contributed by atoms with Crippen LogP contribution in [0.4, 0.5) is 0 Å². The summed E-state index contributed by atoms with van der Waals surface area (Å²) in [4.78, 5) is 4.57. The van der Waals surface area contributed by atoms with Crippen LogP contribution in [-0.2, 0) is 6.54 Å². The molecule has 0 atom stereocenters. The first-order valence-electron chi connectivity index (χ1n) is 6.44. The lowest BCUT2D eigenvalue weighted by Gasteiger charge is -2.10. The van der Waals surface area contributed by atoms with Crippen molar-refractivity contribution in [2.45, 2.75) is 32.4 Å². The molecule has 1 aromatic heterocycles. The van der Waals surface area contributed by atoms with Gasteiger partial charge in [-0.15, -0.1) is 0 Å². The Morgan fingerprint density at radius 2 is 2.17 bits per heavy atom. The second-order valence-corrected chi connectivity index (χ2v) is 4.96. The molecule has 0 radical (unpaired) electrons. The van der Waals surface area contributed by atoms with E-state index in [2.05, 4.69) is 22.4 Å². The Morgan fingerprint density at radius 1 is 1.33 bits per heavy atom. The molecule has 1 N–H and O–H groups in total. The van der Waals surface area contributed by atoms with Crippen LogP contribution in [0.15, 0.2) is 24.3 Å². The van der Waals surface area contributed by atoms with Crippen molar-refractivity contribution in [3.8, 4) is 5.75 Å². The Labute approximate surface area is 107 Å². The lowest BCUT2D eigenvalue weighted by atomic mass is 10.1. The second-order valence-electron chi connectivity index (χ2n) is 4.96. The third-order valence-electron chi connectivity index (χ3n) is 3.39. The molecule has 1 heterocycles. The van der Waals surface area contributed by atoms with Crippen LogP contribution in [0.5, 0.6) is 5.75 Å². The van der Waals surface area contributed by atoms with Crippen molar-refractivity contribution in [1.29, 1.82) is 0 Å². The SMILES string of the molecule is COc1ccc2nc(C)cc(CNC3CC3)c2c1. The minimum atomic E-state index is 0.721. The summed E-state index contributed by atoms with van der Waals surface area (Å²) in [6.45, 7) is 2.96. The van der Waals surface area contributed by atoms with Gasteiger partial charge in [0.2, 0.25) is 0 Å². The molecule has 1 aliphatic rings. The summed E-state index contributed by atoms with van der Waals surface area (Å²) in [5, 5.41) is 4.75. The number of methoxy groups -OCH3 is 1. The van der Waals surface area contributed by atoms with Crippen LogP contribution >= 0.6 is 0 Å². The predicted molar refractivity (Wildman–Crippen MR) is 72.9 cm³/mol. The summed E-state index contributed by atoms with van der Waals surface area (Å²) in [6.07, 6.45) is 2.62. The van der Waals surface area contributed by atoms with E-state index in [4.69, 9.17) is 4.74 Å². The number of aromatic nitrogens is 1. The third kappa shape index (κ3) is 2.31. The molecule has 0 bridgehead atoms. The molecule has 1 aliphatic carbocycles. The van der Waals surface area contributed by atoms with Gasteiger partial charge in [-0.25, -0.2) is 0 Å². The molecular formula is C15H18N2O. The third-order valence-corrected chi connectivity index (χ3v) is 3.39. The molecule has 1 fully saturated rings. The van der Waals surface area contributed by atoms with E-state index in [0.717, 1.165) is 29.5 Å². The Kier molecular flexibility index (Phi) is 2.92. The first-order valence-corrected chi connectivity index (χ1v) is 6.44. The van der Waals surface area contributed by atoms with E-state index in [1.807, 2.05) is 19.1 Å². The number of nitrogens with one attached hydrogen (secondary N) is 1. The van der Waals surface area contributed by atoms with Gasteiger partial charge in [-0.1, -0.05) is 0 Å². The molecule has 0 spiro atoms. The molecule has 1 saturated carbocycles. The first-order chi connectivity index (χ1) is 8.76. The highest BCUT2D eigenvalue weighted by Gasteiger charge is 2.20. The van der Waals surface area contributed by atoms with Crippen LogP contribution in [0.25, 0.3) is 10.9 Å². The Balaban J connectivity index is 2.01. The van der Waals surface area contributed by atoms with Crippen molar-refractivity contribution >= 4 is 10.9 Å². The molecule has 0 saturated heterocycles. The van der Waals surface area contributed by atoms with Crippen molar-refractivity contribution in [2.24, 2.45) is 0 Å². The Hall–Kier alpha value is -1.61. The first kappa shape index (κ1) is 11.5. The summed E-state index contributed by atoms with van der Waals surface area (Å²) in [5.74, 6) is 0.890. The lowest BCUT2D eigenvalue weighted by molar-refractivity contribution is 0.415. The van der Waals surface area contributed by atoms with E-state index in [0.29, 0.717) is 0 Å². The number of hydrogen-bond acceptors (Lipinski definition) is 3. The van der Waals surface area contributed by atoms with E-state index in [1.165, 1.54) is 23.8 Å². The number of hydrogen-bond donors (Lipinski definition) is 1. The van der Waals surface area contributed by atoms with Gasteiger partial charge < -0.3 is 10.1 Å². The predicted octanol–water partition coefficient (Wildman–Crippen LogP) is 2.80. The molecule has 94 valence electrons. The summed E-state index contributed by atoms with van der Waals surface area (Å²) in [6, 6.07) is 8.96. The number of pyridine rings is 1. The van der Waals surface area contributed by atoms with Crippen LogP contribution in [-0.4, -0.2) is 18.1 Å². The van der Waals surface area contributed by atoms with Crippen molar-refractivity contribution < 1.29 is 4.74 Å². The molecule has 3 nitrogen and oxygen atoms in total. The number of nitrogens with zero attached hydrogens (tertiary/aromatic N) is 1. The van der Waals surface area contributed by atoms with E-state index in [9.17, 15) is 0 Å². The topological polar surface area (TPSA) is 34.1 Å². The minimum Gasteiger partial charge on any atom is -0.497 e. The number of ether oxygens (including phenoxy) is 1. The molecule has 2 aromatic rings. The smallest absolute Gasteiger partial charge is 0.119 e. The zero-order valence-corrected chi connectivity index (χ0v) is 10.9. The highest BCUT2D eigenvalue weighted by molar-refractivity contribution is 5.83. The van der Waals surface area contributed by atoms with Gasteiger partial charge in [0.15, 0.2) is 0 Å². The number of benzene rings is 1. The standard InChI is InChI=1S/C15H18N2O/c1-10-7-11(9-16-12-3-4-12)14-8-13(18-2)5-6-15(14)17-10/h5-8,12,16H,3-4,9H2,1-2H3. The molecule has 0 amide bonds. The molecule has 18 heavy (non-hydrogen) atoms. The van der Waals surface area contributed by atoms with Gasteiger partial charge >= 0.3 is 0 Å². The van der Waals surface area contributed by atoms with Gasteiger partial charge in [-0.05, 0) is 49.6 Å². The summed E-state index contributed by atoms with van der Waals surface area (Å²) in [5.41, 5.74) is 3.42.